The van der Waals surface area contributed by atoms with Crippen LogP contribution in [0.3, 0.4) is 0 Å². The maximum absolute atomic E-state index is 13.7. The van der Waals surface area contributed by atoms with E-state index in [1.165, 1.54) is 42.9 Å². The Labute approximate surface area is 258 Å². The largest absolute Gasteiger partial charge is 0.455 e. The van der Waals surface area contributed by atoms with Crippen LogP contribution in [0.2, 0.25) is 0 Å². The van der Waals surface area contributed by atoms with Crippen LogP contribution in [0.5, 0.6) is 0 Å². The number of nitrogens with zero attached hydrogens (tertiary/aromatic N) is 3. The van der Waals surface area contributed by atoms with E-state index in [9.17, 15) is 27.7 Å². The first kappa shape index (κ1) is 29.6. The first-order valence-corrected chi connectivity index (χ1v) is 15.7. The second-order valence-electron chi connectivity index (χ2n) is 10.9. The van der Waals surface area contributed by atoms with Gasteiger partial charge in [-0.25, -0.2) is 12.8 Å². The van der Waals surface area contributed by atoms with Gasteiger partial charge in [-0.1, -0.05) is 12.1 Å². The molecular formula is C34H27FN4O5S. The second kappa shape index (κ2) is 10.9. The van der Waals surface area contributed by atoms with Crippen molar-refractivity contribution in [3.8, 4) is 28.5 Å². The van der Waals surface area contributed by atoms with Crippen molar-refractivity contribution >= 4 is 44.2 Å². The zero-order valence-electron chi connectivity index (χ0n) is 24.8. The molecule has 2 aromatic heterocycles. The number of fused-ring (bicyclic) bond motifs is 2. The van der Waals surface area contributed by atoms with Crippen molar-refractivity contribution in [2.24, 2.45) is 7.05 Å². The van der Waals surface area contributed by atoms with Crippen molar-refractivity contribution in [3.63, 3.8) is 0 Å². The van der Waals surface area contributed by atoms with Crippen LogP contribution in [0.25, 0.3) is 45.1 Å². The first-order valence-electron chi connectivity index (χ1n) is 13.9. The molecule has 0 spiro atoms. The lowest BCUT2D eigenvalue weighted by Crippen LogP contribution is -2.26. The number of nitriles is 1. The number of allylic oxidation sites excluding steroid dienone is 1. The Morgan fingerprint density at radius 3 is 2.49 bits per heavy atom. The number of benzene rings is 3. The second-order valence-corrected chi connectivity index (χ2v) is 12.9. The van der Waals surface area contributed by atoms with E-state index in [0.29, 0.717) is 39.6 Å². The predicted molar refractivity (Wildman–Crippen MR) is 172 cm³/mol. The summed E-state index contributed by atoms with van der Waals surface area (Å²) in [6, 6.07) is 18.1. The SMILES string of the molecule is CNC(=O)c1c(-c2ccc(F)cc2)oc2cc(N(C)S(C)(=O)=O)c(-c3cc(C4=Cc5c(C#N)cccc5C4)c(=O)n(C)c3)cc12. The lowest BCUT2D eigenvalue weighted by Gasteiger charge is -2.21. The molecule has 0 fully saturated rings. The molecule has 3 aromatic carbocycles. The van der Waals surface area contributed by atoms with E-state index in [1.54, 1.807) is 43.6 Å². The predicted octanol–water partition coefficient (Wildman–Crippen LogP) is 5.33. The third-order valence-electron chi connectivity index (χ3n) is 8.06. The Hall–Kier alpha value is -5.47. The molecule has 1 N–H and O–H groups in total. The van der Waals surface area contributed by atoms with Gasteiger partial charge in [-0.2, -0.15) is 5.26 Å². The molecule has 0 aliphatic heterocycles. The fraction of sp³-hybridized carbons (Fsp3) is 0.147. The van der Waals surface area contributed by atoms with Crippen LogP contribution in [0.4, 0.5) is 10.1 Å². The minimum absolute atomic E-state index is 0.192. The average molecular weight is 623 g/mol. The van der Waals surface area contributed by atoms with Crippen molar-refractivity contribution in [3.05, 3.63) is 111 Å². The highest BCUT2D eigenvalue weighted by atomic mass is 32.2. The zero-order chi connectivity index (χ0) is 32.2. The number of rotatable bonds is 6. The maximum atomic E-state index is 13.7. The van der Waals surface area contributed by atoms with Gasteiger partial charge in [0, 0.05) is 61.0 Å². The van der Waals surface area contributed by atoms with Gasteiger partial charge in [-0.15, -0.1) is 0 Å². The summed E-state index contributed by atoms with van der Waals surface area (Å²) in [7, 11) is 0.732. The van der Waals surface area contributed by atoms with Gasteiger partial charge in [0.05, 0.1) is 29.1 Å². The number of anilines is 1. The van der Waals surface area contributed by atoms with Crippen LogP contribution in [0, 0.1) is 17.1 Å². The Kier molecular flexibility index (Phi) is 7.17. The van der Waals surface area contributed by atoms with Crippen molar-refractivity contribution in [2.45, 2.75) is 6.42 Å². The molecule has 226 valence electrons. The van der Waals surface area contributed by atoms with Crippen LogP contribution in [-0.4, -0.2) is 39.2 Å². The van der Waals surface area contributed by atoms with Gasteiger partial charge in [0.25, 0.3) is 11.5 Å². The van der Waals surface area contributed by atoms with Gasteiger partial charge < -0.3 is 14.3 Å². The molecule has 0 unspecified atom stereocenters. The molecule has 5 aromatic rings. The van der Waals surface area contributed by atoms with Crippen molar-refractivity contribution < 1.29 is 22.0 Å². The highest BCUT2D eigenvalue weighted by molar-refractivity contribution is 7.92. The topological polar surface area (TPSA) is 125 Å². The summed E-state index contributed by atoms with van der Waals surface area (Å²) in [5.74, 6) is -0.713. The number of pyridine rings is 1. The molecule has 0 atom stereocenters. The fourth-order valence-corrected chi connectivity index (χ4v) is 6.19. The first-order chi connectivity index (χ1) is 21.4. The minimum Gasteiger partial charge on any atom is -0.455 e. The van der Waals surface area contributed by atoms with E-state index in [1.807, 2.05) is 12.1 Å². The van der Waals surface area contributed by atoms with Crippen molar-refractivity contribution in [1.29, 1.82) is 5.26 Å². The van der Waals surface area contributed by atoms with Crippen LogP contribution in [0.15, 0.2) is 76.1 Å². The van der Waals surface area contributed by atoms with Gasteiger partial charge >= 0.3 is 0 Å². The maximum Gasteiger partial charge on any atom is 0.257 e. The number of hydrogen-bond acceptors (Lipinski definition) is 6. The molecule has 11 heteroatoms. The smallest absolute Gasteiger partial charge is 0.257 e. The van der Waals surface area contributed by atoms with E-state index >= 15 is 0 Å². The van der Waals surface area contributed by atoms with Crippen LogP contribution >= 0.6 is 0 Å². The number of hydrogen-bond donors (Lipinski definition) is 1. The summed E-state index contributed by atoms with van der Waals surface area (Å²) in [5.41, 5.74) is 5.16. The molecule has 0 bridgehead atoms. The molecule has 1 amide bonds. The molecule has 1 aliphatic rings. The summed E-state index contributed by atoms with van der Waals surface area (Å²) in [6.45, 7) is 0. The van der Waals surface area contributed by atoms with E-state index in [-0.39, 0.29) is 28.2 Å². The number of aromatic nitrogens is 1. The number of carbonyl (C=O) groups excluding carboxylic acids is 1. The third kappa shape index (κ3) is 5.09. The van der Waals surface area contributed by atoms with Crippen LogP contribution in [0.1, 0.15) is 32.6 Å². The molecular weight excluding hydrogens is 595 g/mol. The third-order valence-corrected chi connectivity index (χ3v) is 9.25. The fourth-order valence-electron chi connectivity index (χ4n) is 5.69. The lowest BCUT2D eigenvalue weighted by atomic mass is 9.96. The normalized spacial score (nSPS) is 12.5. The molecule has 0 radical (unpaired) electrons. The highest BCUT2D eigenvalue weighted by Gasteiger charge is 2.27. The number of aryl methyl sites for hydroxylation is 1. The minimum atomic E-state index is -3.76. The van der Waals surface area contributed by atoms with E-state index in [0.717, 1.165) is 27.3 Å². The molecule has 9 nitrogen and oxygen atoms in total. The monoisotopic (exact) mass is 622 g/mol. The lowest BCUT2D eigenvalue weighted by molar-refractivity contribution is 0.0964. The number of halogens is 1. The average Bonchev–Trinajstić information content (AvgIpc) is 3.62. The van der Waals surface area contributed by atoms with E-state index < -0.39 is 21.7 Å². The van der Waals surface area contributed by atoms with Gasteiger partial charge in [-0.05, 0) is 71.7 Å². The number of furan rings is 1. The Morgan fingerprint density at radius 2 is 1.82 bits per heavy atom. The zero-order valence-corrected chi connectivity index (χ0v) is 25.6. The summed E-state index contributed by atoms with van der Waals surface area (Å²) < 4.78 is 48.1. The van der Waals surface area contributed by atoms with E-state index in [4.69, 9.17) is 4.42 Å². The van der Waals surface area contributed by atoms with Gasteiger partial charge in [-0.3, -0.25) is 13.9 Å². The summed E-state index contributed by atoms with van der Waals surface area (Å²) in [4.78, 5) is 26.7. The van der Waals surface area contributed by atoms with Crippen molar-refractivity contribution in [1.82, 2.24) is 9.88 Å². The summed E-state index contributed by atoms with van der Waals surface area (Å²) in [6.07, 6.45) is 4.97. The standard InChI is InChI=1S/C34H27FN4O5S/c1-37-33(40)31-28-15-26(29(39(3)45(4,42)43)16-30(28)44-32(31)19-8-10-24(35)11-9-19)23-14-27(34(41)38(2)18-23)22-12-20-6-5-7-21(17-36)25(20)13-22/h5-11,13-16,18H,12H2,1-4H3,(H,37,40). The molecule has 0 saturated carbocycles. The number of nitrogens with one attached hydrogen (secondary N) is 1. The van der Waals surface area contributed by atoms with Gasteiger partial charge in [0.15, 0.2) is 0 Å². The van der Waals surface area contributed by atoms with Crippen LogP contribution in [-0.2, 0) is 23.5 Å². The number of amides is 1. The van der Waals surface area contributed by atoms with Crippen LogP contribution < -0.4 is 15.2 Å². The van der Waals surface area contributed by atoms with Gasteiger partial charge in [0.2, 0.25) is 10.0 Å². The molecule has 6 rings (SSSR count). The Balaban J connectivity index is 1.63. The number of sulfonamides is 1. The van der Waals surface area contributed by atoms with Gasteiger partial charge in [0.1, 0.15) is 17.2 Å². The molecule has 45 heavy (non-hydrogen) atoms. The Bertz CT molecular complexity index is 2290. The van der Waals surface area contributed by atoms with Crippen molar-refractivity contribution in [2.75, 3.05) is 24.7 Å². The molecule has 0 saturated heterocycles. The molecule has 2 heterocycles. The van der Waals surface area contributed by atoms with E-state index in [2.05, 4.69) is 11.4 Å². The Morgan fingerprint density at radius 1 is 1.09 bits per heavy atom. The highest BCUT2D eigenvalue weighted by Crippen LogP contribution is 2.42. The molecule has 1 aliphatic carbocycles. The summed E-state index contributed by atoms with van der Waals surface area (Å²) >= 11 is 0. The summed E-state index contributed by atoms with van der Waals surface area (Å²) in [5, 5.41) is 12.6. The number of carbonyl (C=O) groups is 1. The quantitative estimate of drug-likeness (QED) is 0.273.